The molecule has 3 saturated carbocycles. The first-order valence-electron chi connectivity index (χ1n) is 27.9. The highest BCUT2D eigenvalue weighted by molar-refractivity contribution is 5.84. The topological polar surface area (TPSA) is 15.3 Å². The highest BCUT2D eigenvalue weighted by Crippen LogP contribution is 2.75. The smallest absolute Gasteiger partial charge is 0.0513 e. The van der Waals surface area contributed by atoms with Gasteiger partial charge in [-0.3, -0.25) is 0 Å². The Morgan fingerprint density at radius 2 is 1.46 bits per heavy atom. The maximum atomic E-state index is 4.23. The normalized spacial score (nSPS) is 39.6. The summed E-state index contributed by atoms with van der Waals surface area (Å²) in [5.41, 5.74) is 16.4. The lowest BCUT2D eigenvalue weighted by molar-refractivity contribution is 0.0546. The molecule has 0 radical (unpaired) electrons. The first kappa shape index (κ1) is 41.4. The molecule has 0 amide bonds. The van der Waals surface area contributed by atoms with Crippen LogP contribution in [0.3, 0.4) is 0 Å². The highest BCUT2D eigenvalue weighted by atomic mass is 15.2. The Morgan fingerprint density at radius 3 is 2.40 bits per heavy atom. The number of rotatable bonds is 6. The number of benzene rings is 2. The van der Waals surface area contributed by atoms with Crippen LogP contribution in [0.1, 0.15) is 151 Å². The van der Waals surface area contributed by atoms with Gasteiger partial charge in [-0.05, 0) is 191 Å². The number of fused-ring (bicyclic) bond motifs is 15. The van der Waals surface area contributed by atoms with Crippen molar-refractivity contribution < 1.29 is 0 Å². The lowest BCUT2D eigenvalue weighted by Gasteiger charge is -2.51. The Balaban J connectivity index is 0.867. The molecule has 2 nitrogen and oxygen atoms in total. The first-order valence-corrected chi connectivity index (χ1v) is 27.9. The van der Waals surface area contributed by atoms with Crippen molar-refractivity contribution in [1.82, 2.24) is 4.90 Å². The molecule has 13 unspecified atom stereocenters. The second-order valence-corrected chi connectivity index (χ2v) is 23.5. The molecule has 344 valence electrons. The zero-order valence-electron chi connectivity index (χ0n) is 40.1. The summed E-state index contributed by atoms with van der Waals surface area (Å²) >= 11 is 0. The largest absolute Gasteiger partial charge is 0.361 e. The van der Waals surface area contributed by atoms with Gasteiger partial charge in [-0.25, -0.2) is 0 Å². The van der Waals surface area contributed by atoms with E-state index in [1.54, 1.807) is 22.4 Å². The van der Waals surface area contributed by atoms with Crippen molar-refractivity contribution in [1.29, 1.82) is 0 Å². The zero-order valence-corrected chi connectivity index (χ0v) is 40.1. The molecule has 0 aliphatic heterocycles. The van der Waals surface area contributed by atoms with Crippen LogP contribution in [0.5, 0.6) is 0 Å². The third kappa shape index (κ3) is 6.45. The van der Waals surface area contributed by atoms with Crippen molar-refractivity contribution in [3.05, 3.63) is 178 Å². The van der Waals surface area contributed by atoms with Crippen LogP contribution in [0.25, 0.3) is 5.57 Å². The summed E-state index contributed by atoms with van der Waals surface area (Å²) in [5, 5.41) is 4.23. The van der Waals surface area contributed by atoms with E-state index in [0.29, 0.717) is 53.5 Å². The van der Waals surface area contributed by atoms with Gasteiger partial charge in [0.05, 0.1) is 6.04 Å². The summed E-state index contributed by atoms with van der Waals surface area (Å²) in [4.78, 5) is 3.02. The standard InChI is InChI=1S/C65H74N2/c1-2-20-44(21-3-1)67(63-35-16-19-42-18-4-5-22-46(42)63)45-37-39-53-52-27-10-13-31-58(52)65(61(53)41-45)59-32-14-11-29-56(59)64-55(30-17-33-60(64)65)54-28-12-15-34-62(54)66-43-36-38-51-49-25-7-6-23-47(49)48-24-8-9-26-50(48)57(51)40-43/h1-3,5-6,8-10,12,15,20,22-24,26-28,34,37,39-42,44,46-47,49,52-53,55-56,58-59,61,63,66H,4,7,11,13-14,16-19,21,25,29-33,35-36,38H2/t42?,44?,46?,47?,49?,52?,53?,55?,56?,58?,59?,61?,63?,65-/m1/s1. The number of nitrogens with zero attached hydrogens (tertiary/aromatic N) is 1. The van der Waals surface area contributed by atoms with E-state index < -0.39 is 0 Å². The maximum absolute atomic E-state index is 4.23. The number of anilines is 1. The van der Waals surface area contributed by atoms with E-state index in [1.165, 1.54) is 132 Å². The van der Waals surface area contributed by atoms with Crippen LogP contribution in [0, 0.1) is 58.7 Å². The minimum absolute atomic E-state index is 0.265. The van der Waals surface area contributed by atoms with Crippen molar-refractivity contribution in [2.75, 3.05) is 5.32 Å². The molecule has 14 atom stereocenters. The molecule has 2 aromatic rings. The molecule has 0 bridgehead atoms. The quantitative estimate of drug-likeness (QED) is 0.291. The average molecular weight is 883 g/mol. The van der Waals surface area contributed by atoms with Gasteiger partial charge in [0.15, 0.2) is 0 Å². The van der Waals surface area contributed by atoms with Crippen LogP contribution >= 0.6 is 0 Å². The molecule has 1 N–H and O–H groups in total. The van der Waals surface area contributed by atoms with Crippen molar-refractivity contribution in [3.8, 4) is 0 Å². The highest BCUT2D eigenvalue weighted by Gasteiger charge is 2.68. The summed E-state index contributed by atoms with van der Waals surface area (Å²) < 4.78 is 0. The third-order valence-corrected chi connectivity index (χ3v) is 20.8. The monoisotopic (exact) mass is 883 g/mol. The molecule has 3 fully saturated rings. The molecule has 1 spiro atoms. The summed E-state index contributed by atoms with van der Waals surface area (Å²) in [6.07, 6.45) is 61.2. The minimum atomic E-state index is 0.265. The van der Waals surface area contributed by atoms with Crippen molar-refractivity contribution in [2.24, 2.45) is 58.7 Å². The SMILES string of the molecule is C1=CCC(N(C2=CC3C(C=C2)C2C=CCCC2[C@@]32C3=C(C(c4ccccc4NC4=CC5=C(CC4)C4CCC=CC4c4ccccc45)CCC3)C3CCCCC32)C2CCCC3CCC=CC32)C=C1. The Labute approximate surface area is 402 Å². The number of allylic oxidation sites excluding steroid dienone is 16. The zero-order chi connectivity index (χ0) is 44.1. The fourth-order valence-corrected chi connectivity index (χ4v) is 18.6. The van der Waals surface area contributed by atoms with Gasteiger partial charge in [0.1, 0.15) is 0 Å². The van der Waals surface area contributed by atoms with Gasteiger partial charge in [-0.1, -0.05) is 151 Å². The van der Waals surface area contributed by atoms with Gasteiger partial charge in [0.25, 0.3) is 0 Å². The molecule has 12 aliphatic carbocycles. The van der Waals surface area contributed by atoms with Crippen molar-refractivity contribution >= 4 is 11.3 Å². The van der Waals surface area contributed by atoms with Crippen LogP contribution in [0.15, 0.2) is 162 Å². The lowest BCUT2D eigenvalue weighted by Crippen LogP contribution is -2.50. The van der Waals surface area contributed by atoms with E-state index in [4.69, 9.17) is 0 Å². The Hall–Kier alpha value is -4.56. The van der Waals surface area contributed by atoms with Crippen LogP contribution in [0.2, 0.25) is 0 Å². The predicted octanol–water partition coefficient (Wildman–Crippen LogP) is 16.3. The molecule has 0 heterocycles. The van der Waals surface area contributed by atoms with Gasteiger partial charge < -0.3 is 10.2 Å². The predicted molar refractivity (Wildman–Crippen MR) is 278 cm³/mol. The lowest BCUT2D eigenvalue weighted by atomic mass is 9.55. The van der Waals surface area contributed by atoms with Gasteiger partial charge in [-0.2, -0.15) is 0 Å². The van der Waals surface area contributed by atoms with Crippen molar-refractivity contribution in [3.63, 3.8) is 0 Å². The number of hydrogen-bond donors (Lipinski definition) is 1. The van der Waals surface area contributed by atoms with Crippen LogP contribution < -0.4 is 5.32 Å². The third-order valence-electron chi connectivity index (χ3n) is 20.8. The van der Waals surface area contributed by atoms with Gasteiger partial charge in [0.2, 0.25) is 0 Å². The molecule has 14 rings (SSSR count). The fraction of sp³-hybridized carbons (Fsp3) is 0.508. The molecule has 2 heteroatoms. The Morgan fingerprint density at radius 1 is 0.612 bits per heavy atom. The van der Waals surface area contributed by atoms with E-state index >= 15 is 0 Å². The first-order chi connectivity index (χ1) is 33.3. The number of hydrogen-bond acceptors (Lipinski definition) is 2. The summed E-state index contributed by atoms with van der Waals surface area (Å²) in [5.74, 6) is 7.32. The van der Waals surface area contributed by atoms with E-state index in [-0.39, 0.29) is 5.41 Å². The van der Waals surface area contributed by atoms with E-state index in [2.05, 4.69) is 144 Å². The Kier molecular flexibility index (Phi) is 10.4. The maximum Gasteiger partial charge on any atom is 0.0513 e. The van der Waals surface area contributed by atoms with Crippen molar-refractivity contribution in [2.45, 2.75) is 146 Å². The van der Waals surface area contributed by atoms with Crippen LogP contribution in [-0.2, 0) is 0 Å². The Bertz CT molecular complexity index is 2620. The molecular weight excluding hydrogens is 809 g/mol. The summed E-state index contributed by atoms with van der Waals surface area (Å²) in [7, 11) is 0. The summed E-state index contributed by atoms with van der Waals surface area (Å²) in [6.45, 7) is 0. The average Bonchev–Trinajstić information content (AvgIpc) is 3.87. The molecular formula is C65H74N2. The van der Waals surface area contributed by atoms with Crippen LogP contribution in [0.4, 0.5) is 5.69 Å². The van der Waals surface area contributed by atoms with Gasteiger partial charge in [-0.15, -0.1) is 0 Å². The second kappa shape index (κ2) is 16.8. The molecule has 12 aliphatic rings. The summed E-state index contributed by atoms with van der Waals surface area (Å²) in [6, 6.07) is 20.1. The number of nitrogens with one attached hydrogen (secondary N) is 1. The molecule has 0 aromatic heterocycles. The molecule has 2 aromatic carbocycles. The minimum Gasteiger partial charge on any atom is -0.361 e. The van der Waals surface area contributed by atoms with E-state index in [1.807, 2.05) is 11.1 Å². The fourth-order valence-electron chi connectivity index (χ4n) is 18.6. The van der Waals surface area contributed by atoms with Gasteiger partial charge in [0, 0.05) is 46.3 Å². The second-order valence-electron chi connectivity index (χ2n) is 23.5. The van der Waals surface area contributed by atoms with Crippen LogP contribution in [-0.4, -0.2) is 17.0 Å². The van der Waals surface area contributed by atoms with E-state index in [0.717, 1.165) is 36.5 Å². The molecule has 0 saturated heterocycles. The van der Waals surface area contributed by atoms with E-state index in [9.17, 15) is 0 Å². The molecule has 67 heavy (non-hydrogen) atoms. The number of para-hydroxylation sites is 1. The van der Waals surface area contributed by atoms with Gasteiger partial charge >= 0.3 is 0 Å².